The lowest BCUT2D eigenvalue weighted by Crippen LogP contribution is -2.44. The number of ether oxygens (including phenoxy) is 1. The van der Waals surface area contributed by atoms with E-state index >= 15 is 0 Å². The summed E-state index contributed by atoms with van der Waals surface area (Å²) in [5.41, 5.74) is 7.07. The van der Waals surface area contributed by atoms with Crippen molar-refractivity contribution < 1.29 is 14.3 Å². The van der Waals surface area contributed by atoms with E-state index in [1.807, 2.05) is 38.1 Å². The van der Waals surface area contributed by atoms with Crippen LogP contribution in [-0.2, 0) is 4.79 Å². The van der Waals surface area contributed by atoms with E-state index in [1.165, 1.54) is 0 Å². The van der Waals surface area contributed by atoms with Gasteiger partial charge in [0.05, 0.1) is 0 Å². The molecule has 0 radical (unpaired) electrons. The molecule has 0 saturated carbocycles. The molecular weight excluding hydrogens is 360 g/mol. The van der Waals surface area contributed by atoms with Crippen molar-refractivity contribution in [3.8, 4) is 5.75 Å². The first-order valence-corrected chi connectivity index (χ1v) is 7.80. The zero-order valence-electron chi connectivity index (χ0n) is 12.9. The first kappa shape index (κ1) is 17.0. The molecule has 120 valence electrons. The number of halogens is 1. The second-order valence-corrected chi connectivity index (χ2v) is 5.98. The van der Waals surface area contributed by atoms with E-state index in [2.05, 4.69) is 26.8 Å². The van der Waals surface area contributed by atoms with Gasteiger partial charge in [-0.2, -0.15) is 0 Å². The highest BCUT2D eigenvalue weighted by molar-refractivity contribution is 9.10. The lowest BCUT2D eigenvalue weighted by Gasteiger charge is -2.10. The van der Waals surface area contributed by atoms with Crippen LogP contribution >= 0.6 is 15.9 Å². The van der Waals surface area contributed by atoms with E-state index in [1.54, 1.807) is 18.2 Å². The molecule has 0 aliphatic heterocycles. The molecule has 2 aromatic rings. The van der Waals surface area contributed by atoms with Gasteiger partial charge in [-0.3, -0.25) is 20.4 Å². The highest BCUT2D eigenvalue weighted by Gasteiger charge is 2.10. The van der Waals surface area contributed by atoms with Gasteiger partial charge in [0.15, 0.2) is 6.61 Å². The third-order valence-electron chi connectivity index (χ3n) is 3.14. The second kappa shape index (κ2) is 7.78. The van der Waals surface area contributed by atoms with Gasteiger partial charge in [-0.25, -0.2) is 0 Å². The fourth-order valence-corrected chi connectivity index (χ4v) is 2.15. The Morgan fingerprint density at radius 2 is 1.74 bits per heavy atom. The first-order valence-electron chi connectivity index (χ1n) is 7.00. The van der Waals surface area contributed by atoms with Crippen LogP contribution in [0.25, 0.3) is 0 Å². The second-order valence-electron chi connectivity index (χ2n) is 5.06. The summed E-state index contributed by atoms with van der Waals surface area (Å²) in [5, 5.41) is 0. The van der Waals surface area contributed by atoms with Crippen LogP contribution in [0, 0.1) is 13.8 Å². The Kier molecular flexibility index (Phi) is 5.76. The summed E-state index contributed by atoms with van der Waals surface area (Å²) >= 11 is 3.32. The number of hydrogen-bond acceptors (Lipinski definition) is 3. The van der Waals surface area contributed by atoms with Gasteiger partial charge in [-0.1, -0.05) is 33.6 Å². The number of nitrogens with one attached hydrogen (secondary N) is 2. The summed E-state index contributed by atoms with van der Waals surface area (Å²) in [6.45, 7) is 3.56. The molecule has 6 heteroatoms. The maximum absolute atomic E-state index is 12.1. The molecule has 2 rings (SSSR count). The van der Waals surface area contributed by atoms with Crippen LogP contribution in [0.4, 0.5) is 0 Å². The lowest BCUT2D eigenvalue weighted by atomic mass is 10.1. The normalized spacial score (nSPS) is 10.0. The van der Waals surface area contributed by atoms with Gasteiger partial charge in [0, 0.05) is 10.0 Å². The topological polar surface area (TPSA) is 67.4 Å². The van der Waals surface area contributed by atoms with Gasteiger partial charge in [0.1, 0.15) is 5.75 Å². The van der Waals surface area contributed by atoms with Gasteiger partial charge in [-0.15, -0.1) is 0 Å². The summed E-state index contributed by atoms with van der Waals surface area (Å²) < 4.78 is 6.25. The standard InChI is InChI=1S/C17H17BrN2O3/c1-11-3-4-12(2)15(9-11)17(22)20-19-16(21)10-23-14-7-5-13(18)6-8-14/h3-9H,10H2,1-2H3,(H,19,21)(H,20,22). The molecule has 0 atom stereocenters. The van der Waals surface area contributed by atoms with E-state index in [4.69, 9.17) is 4.74 Å². The molecule has 0 saturated heterocycles. The summed E-state index contributed by atoms with van der Waals surface area (Å²) in [6, 6.07) is 12.7. The molecule has 0 heterocycles. The van der Waals surface area contributed by atoms with Crippen LogP contribution in [0.5, 0.6) is 5.75 Å². The Bertz CT molecular complexity index is 714. The maximum atomic E-state index is 12.1. The minimum absolute atomic E-state index is 0.186. The van der Waals surface area contributed by atoms with E-state index < -0.39 is 5.91 Å². The minimum atomic E-state index is -0.438. The minimum Gasteiger partial charge on any atom is -0.484 e. The van der Waals surface area contributed by atoms with Gasteiger partial charge in [0.2, 0.25) is 0 Å². The molecule has 0 aliphatic rings. The number of aryl methyl sites for hydroxylation is 2. The molecule has 2 N–H and O–H groups in total. The van der Waals surface area contributed by atoms with E-state index in [0.717, 1.165) is 15.6 Å². The molecular formula is C17H17BrN2O3. The molecule has 0 bridgehead atoms. The molecule has 2 amide bonds. The van der Waals surface area contributed by atoms with Crippen LogP contribution in [-0.4, -0.2) is 18.4 Å². The number of hydrazine groups is 1. The lowest BCUT2D eigenvalue weighted by molar-refractivity contribution is -0.123. The van der Waals surface area contributed by atoms with Crippen molar-refractivity contribution >= 4 is 27.7 Å². The Morgan fingerprint density at radius 3 is 2.43 bits per heavy atom. The predicted octanol–water partition coefficient (Wildman–Crippen LogP) is 2.91. The summed E-state index contributed by atoms with van der Waals surface area (Å²) in [5.74, 6) is -0.223. The Morgan fingerprint density at radius 1 is 1.04 bits per heavy atom. The van der Waals surface area contributed by atoms with Crippen LogP contribution in [0.2, 0.25) is 0 Å². The van der Waals surface area contributed by atoms with Gasteiger partial charge >= 0.3 is 0 Å². The molecule has 0 fully saturated rings. The van der Waals surface area contributed by atoms with Crippen molar-refractivity contribution in [1.82, 2.24) is 10.9 Å². The predicted molar refractivity (Wildman–Crippen MR) is 91.2 cm³/mol. The van der Waals surface area contributed by atoms with Gasteiger partial charge < -0.3 is 4.74 Å². The molecule has 0 aromatic heterocycles. The Balaban J connectivity index is 1.83. The molecule has 0 unspecified atom stereocenters. The van der Waals surface area contributed by atoms with Crippen molar-refractivity contribution in [1.29, 1.82) is 0 Å². The third-order valence-corrected chi connectivity index (χ3v) is 3.67. The highest BCUT2D eigenvalue weighted by atomic mass is 79.9. The average Bonchev–Trinajstić information content (AvgIpc) is 2.54. The van der Waals surface area contributed by atoms with Crippen LogP contribution in [0.3, 0.4) is 0 Å². The van der Waals surface area contributed by atoms with E-state index in [0.29, 0.717) is 11.3 Å². The number of amides is 2. The number of hydrogen-bond donors (Lipinski definition) is 2. The SMILES string of the molecule is Cc1ccc(C)c(C(=O)NNC(=O)COc2ccc(Br)cc2)c1. The van der Waals surface area contributed by atoms with Crippen molar-refractivity contribution in [2.75, 3.05) is 6.61 Å². The third kappa shape index (κ3) is 5.10. The fraction of sp³-hybridized carbons (Fsp3) is 0.176. The smallest absolute Gasteiger partial charge is 0.276 e. The van der Waals surface area contributed by atoms with Crippen molar-refractivity contribution in [2.45, 2.75) is 13.8 Å². The monoisotopic (exact) mass is 376 g/mol. The van der Waals surface area contributed by atoms with Gasteiger partial charge in [-0.05, 0) is 49.7 Å². The van der Waals surface area contributed by atoms with Crippen molar-refractivity contribution in [3.63, 3.8) is 0 Å². The first-order chi connectivity index (χ1) is 11.0. The number of carbonyl (C=O) groups excluding carboxylic acids is 2. The van der Waals surface area contributed by atoms with Crippen LogP contribution in [0.15, 0.2) is 46.9 Å². The highest BCUT2D eigenvalue weighted by Crippen LogP contribution is 2.15. The number of benzene rings is 2. The van der Waals surface area contributed by atoms with Gasteiger partial charge in [0.25, 0.3) is 11.8 Å². The molecule has 0 spiro atoms. The molecule has 2 aromatic carbocycles. The fourth-order valence-electron chi connectivity index (χ4n) is 1.89. The maximum Gasteiger partial charge on any atom is 0.276 e. The number of carbonyl (C=O) groups is 2. The molecule has 0 aliphatic carbocycles. The zero-order chi connectivity index (χ0) is 16.8. The Labute approximate surface area is 143 Å². The quantitative estimate of drug-likeness (QED) is 0.806. The van der Waals surface area contributed by atoms with Crippen LogP contribution in [0.1, 0.15) is 21.5 Å². The average molecular weight is 377 g/mol. The summed E-state index contributed by atoms with van der Waals surface area (Å²) in [7, 11) is 0. The number of rotatable bonds is 4. The van der Waals surface area contributed by atoms with Crippen molar-refractivity contribution in [3.05, 3.63) is 63.6 Å². The summed E-state index contributed by atoms with van der Waals surface area (Å²) in [6.07, 6.45) is 0. The summed E-state index contributed by atoms with van der Waals surface area (Å²) in [4.78, 5) is 23.8. The van der Waals surface area contributed by atoms with E-state index in [9.17, 15) is 9.59 Å². The van der Waals surface area contributed by atoms with E-state index in [-0.39, 0.29) is 12.5 Å². The largest absolute Gasteiger partial charge is 0.484 e. The Hall–Kier alpha value is -2.34. The zero-order valence-corrected chi connectivity index (χ0v) is 14.4. The molecule has 23 heavy (non-hydrogen) atoms. The molecule has 5 nitrogen and oxygen atoms in total. The van der Waals surface area contributed by atoms with Crippen molar-refractivity contribution in [2.24, 2.45) is 0 Å². The van der Waals surface area contributed by atoms with Crippen LogP contribution < -0.4 is 15.6 Å².